The topological polar surface area (TPSA) is 75.1 Å². The van der Waals surface area contributed by atoms with Crippen LogP contribution < -0.4 is 5.32 Å². The van der Waals surface area contributed by atoms with Crippen LogP contribution in [0.1, 0.15) is 5.56 Å². The first-order valence-corrected chi connectivity index (χ1v) is 5.56. The molecule has 0 amide bonds. The molecule has 0 saturated carbocycles. The number of carboxylic acid groups (broad SMARTS) is 1. The molecule has 2 N–H and O–H groups in total. The molecule has 0 unspecified atom stereocenters. The summed E-state index contributed by atoms with van der Waals surface area (Å²) in [7, 11) is 0. The zero-order valence-electron chi connectivity index (χ0n) is 9.30. The van der Waals surface area contributed by atoms with Gasteiger partial charge in [0.2, 0.25) is 0 Å². The first-order chi connectivity index (χ1) is 8.63. The Bertz CT molecular complexity index is 558. The van der Waals surface area contributed by atoms with Gasteiger partial charge in [-0.25, -0.2) is 9.97 Å². The molecule has 0 bridgehead atoms. The van der Waals surface area contributed by atoms with E-state index in [1.54, 1.807) is 30.3 Å². The number of halogens is 1. The molecule has 2 rings (SSSR count). The molecule has 18 heavy (non-hydrogen) atoms. The maximum Gasteiger partial charge on any atom is 0.307 e. The van der Waals surface area contributed by atoms with Gasteiger partial charge in [-0.05, 0) is 17.7 Å². The lowest BCUT2D eigenvalue weighted by Gasteiger charge is -2.06. The molecule has 6 heteroatoms. The Kier molecular flexibility index (Phi) is 3.74. The number of anilines is 2. The standard InChI is InChI=1S/C12H10ClN3O2/c13-10-6-11(15-7-14-10)16-9-3-1-8(2-4-9)5-12(17)18/h1-4,6-7H,5H2,(H,17,18)(H,14,15,16). The van der Waals surface area contributed by atoms with Crippen LogP contribution in [0.25, 0.3) is 0 Å². The summed E-state index contributed by atoms with van der Waals surface area (Å²) >= 11 is 5.74. The average molecular weight is 264 g/mol. The largest absolute Gasteiger partial charge is 0.481 e. The summed E-state index contributed by atoms with van der Waals surface area (Å²) in [5.41, 5.74) is 1.55. The van der Waals surface area contributed by atoms with E-state index in [-0.39, 0.29) is 6.42 Å². The van der Waals surface area contributed by atoms with Crippen LogP contribution in [-0.4, -0.2) is 21.0 Å². The van der Waals surface area contributed by atoms with Crippen molar-refractivity contribution in [1.29, 1.82) is 0 Å². The normalized spacial score (nSPS) is 10.1. The van der Waals surface area contributed by atoms with Crippen molar-refractivity contribution in [1.82, 2.24) is 9.97 Å². The van der Waals surface area contributed by atoms with E-state index in [2.05, 4.69) is 15.3 Å². The number of hydrogen-bond donors (Lipinski definition) is 2. The number of aliphatic carboxylic acids is 1. The molecule has 0 aliphatic heterocycles. The minimum atomic E-state index is -0.849. The third-order valence-corrected chi connectivity index (χ3v) is 2.42. The van der Waals surface area contributed by atoms with Gasteiger partial charge in [-0.3, -0.25) is 4.79 Å². The monoisotopic (exact) mass is 263 g/mol. The van der Waals surface area contributed by atoms with Gasteiger partial charge in [0.1, 0.15) is 17.3 Å². The van der Waals surface area contributed by atoms with Gasteiger partial charge in [-0.15, -0.1) is 0 Å². The van der Waals surface area contributed by atoms with E-state index < -0.39 is 5.97 Å². The van der Waals surface area contributed by atoms with Crippen LogP contribution in [0, 0.1) is 0 Å². The second-order valence-corrected chi connectivity index (χ2v) is 4.01. The zero-order chi connectivity index (χ0) is 13.0. The molecule has 0 fully saturated rings. The number of aromatic nitrogens is 2. The van der Waals surface area contributed by atoms with Crippen LogP contribution in [0.4, 0.5) is 11.5 Å². The highest BCUT2D eigenvalue weighted by Gasteiger charge is 2.01. The Balaban J connectivity index is 2.08. The van der Waals surface area contributed by atoms with E-state index >= 15 is 0 Å². The Labute approximate surface area is 108 Å². The minimum Gasteiger partial charge on any atom is -0.481 e. The van der Waals surface area contributed by atoms with Gasteiger partial charge in [0.05, 0.1) is 6.42 Å². The Morgan fingerprint density at radius 3 is 2.61 bits per heavy atom. The van der Waals surface area contributed by atoms with E-state index in [9.17, 15) is 4.79 Å². The van der Waals surface area contributed by atoms with Crippen LogP contribution in [0.15, 0.2) is 36.7 Å². The molecule has 0 radical (unpaired) electrons. The van der Waals surface area contributed by atoms with Crippen molar-refractivity contribution in [3.63, 3.8) is 0 Å². The van der Waals surface area contributed by atoms with Gasteiger partial charge in [-0.2, -0.15) is 0 Å². The fourth-order valence-electron chi connectivity index (χ4n) is 1.43. The summed E-state index contributed by atoms with van der Waals surface area (Å²) in [6.07, 6.45) is 1.38. The van der Waals surface area contributed by atoms with Crippen molar-refractivity contribution in [2.75, 3.05) is 5.32 Å². The molecule has 1 aromatic carbocycles. The average Bonchev–Trinajstić information content (AvgIpc) is 2.31. The van der Waals surface area contributed by atoms with Crippen LogP contribution in [0.5, 0.6) is 0 Å². The number of carbonyl (C=O) groups is 1. The van der Waals surface area contributed by atoms with E-state index in [4.69, 9.17) is 16.7 Å². The minimum absolute atomic E-state index is 0.0135. The fourth-order valence-corrected chi connectivity index (χ4v) is 1.58. The van der Waals surface area contributed by atoms with E-state index in [1.165, 1.54) is 6.33 Å². The van der Waals surface area contributed by atoms with Crippen molar-refractivity contribution in [2.24, 2.45) is 0 Å². The highest BCUT2D eigenvalue weighted by molar-refractivity contribution is 6.29. The number of nitrogens with zero attached hydrogens (tertiary/aromatic N) is 2. The number of carboxylic acids is 1. The van der Waals surface area contributed by atoms with Crippen molar-refractivity contribution in [3.8, 4) is 0 Å². The van der Waals surface area contributed by atoms with Gasteiger partial charge in [0.25, 0.3) is 0 Å². The molecular formula is C12H10ClN3O2. The quantitative estimate of drug-likeness (QED) is 0.829. The van der Waals surface area contributed by atoms with Crippen molar-refractivity contribution in [3.05, 3.63) is 47.4 Å². The second kappa shape index (κ2) is 5.46. The molecule has 2 aromatic rings. The number of nitrogens with one attached hydrogen (secondary N) is 1. The first-order valence-electron chi connectivity index (χ1n) is 5.19. The molecule has 0 atom stereocenters. The van der Waals surface area contributed by atoms with E-state index in [0.29, 0.717) is 11.0 Å². The molecule has 0 aliphatic carbocycles. The Hall–Kier alpha value is -2.14. The maximum atomic E-state index is 10.5. The van der Waals surface area contributed by atoms with Crippen molar-refractivity contribution < 1.29 is 9.90 Å². The molecule has 0 saturated heterocycles. The zero-order valence-corrected chi connectivity index (χ0v) is 10.1. The van der Waals surface area contributed by atoms with E-state index in [1.807, 2.05) is 0 Å². The molecule has 1 heterocycles. The van der Waals surface area contributed by atoms with Crippen molar-refractivity contribution >= 4 is 29.1 Å². The highest BCUT2D eigenvalue weighted by Crippen LogP contribution is 2.17. The summed E-state index contributed by atoms with van der Waals surface area (Å²) in [4.78, 5) is 18.3. The maximum absolute atomic E-state index is 10.5. The smallest absolute Gasteiger partial charge is 0.307 e. The van der Waals surface area contributed by atoms with Crippen molar-refractivity contribution in [2.45, 2.75) is 6.42 Å². The molecular weight excluding hydrogens is 254 g/mol. The van der Waals surface area contributed by atoms with Crippen LogP contribution in [-0.2, 0) is 11.2 Å². The number of rotatable bonds is 4. The van der Waals surface area contributed by atoms with Crippen LogP contribution >= 0.6 is 11.6 Å². The lowest BCUT2D eigenvalue weighted by Crippen LogP contribution is -2.00. The summed E-state index contributed by atoms with van der Waals surface area (Å²) in [6.45, 7) is 0. The van der Waals surface area contributed by atoms with Crippen LogP contribution in [0.3, 0.4) is 0 Å². The number of benzene rings is 1. The summed E-state index contributed by atoms with van der Waals surface area (Å²) < 4.78 is 0. The van der Waals surface area contributed by atoms with E-state index in [0.717, 1.165) is 11.3 Å². The third-order valence-electron chi connectivity index (χ3n) is 2.22. The lowest BCUT2D eigenvalue weighted by atomic mass is 10.1. The fraction of sp³-hybridized carbons (Fsp3) is 0.0833. The predicted molar refractivity (Wildman–Crippen MR) is 68.1 cm³/mol. The Morgan fingerprint density at radius 1 is 1.28 bits per heavy atom. The van der Waals surface area contributed by atoms with Gasteiger partial charge < -0.3 is 10.4 Å². The predicted octanol–water partition coefficient (Wildman–Crippen LogP) is 2.50. The SMILES string of the molecule is O=C(O)Cc1ccc(Nc2cc(Cl)ncn2)cc1. The summed E-state index contributed by atoms with van der Waals surface area (Å²) in [5, 5.41) is 12.1. The molecule has 0 aliphatic rings. The molecule has 5 nitrogen and oxygen atoms in total. The summed E-state index contributed by atoms with van der Waals surface area (Å²) in [6, 6.07) is 8.67. The second-order valence-electron chi connectivity index (χ2n) is 3.62. The molecule has 92 valence electrons. The molecule has 1 aromatic heterocycles. The lowest BCUT2D eigenvalue weighted by molar-refractivity contribution is -0.136. The third kappa shape index (κ3) is 3.43. The van der Waals surface area contributed by atoms with Gasteiger partial charge in [0, 0.05) is 11.8 Å². The Morgan fingerprint density at radius 2 is 2.00 bits per heavy atom. The molecule has 0 spiro atoms. The highest BCUT2D eigenvalue weighted by atomic mass is 35.5. The van der Waals surface area contributed by atoms with Gasteiger partial charge in [0.15, 0.2) is 0 Å². The van der Waals surface area contributed by atoms with Crippen LogP contribution in [0.2, 0.25) is 5.15 Å². The number of hydrogen-bond acceptors (Lipinski definition) is 4. The van der Waals surface area contributed by atoms with Gasteiger partial charge in [-0.1, -0.05) is 23.7 Å². The summed E-state index contributed by atoms with van der Waals surface area (Å²) in [5.74, 6) is -0.265. The first kappa shape index (κ1) is 12.3. The van der Waals surface area contributed by atoms with Gasteiger partial charge >= 0.3 is 5.97 Å².